The highest BCUT2D eigenvalue weighted by Gasteiger charge is 2.10. The lowest BCUT2D eigenvalue weighted by Gasteiger charge is -2.23. The summed E-state index contributed by atoms with van der Waals surface area (Å²) in [5, 5.41) is 21.4. The summed E-state index contributed by atoms with van der Waals surface area (Å²) in [6.07, 6.45) is 2.20. The van der Waals surface area contributed by atoms with Gasteiger partial charge in [-0.3, -0.25) is 15.0 Å². The topological polar surface area (TPSA) is 82.5 Å². The van der Waals surface area contributed by atoms with Crippen LogP contribution in [0.3, 0.4) is 0 Å². The first-order valence-corrected chi connectivity index (χ1v) is 10.9. The van der Waals surface area contributed by atoms with Gasteiger partial charge in [0.15, 0.2) is 0 Å². The van der Waals surface area contributed by atoms with Crippen molar-refractivity contribution >= 4 is 5.69 Å². The highest BCUT2D eigenvalue weighted by Crippen LogP contribution is 2.16. The van der Waals surface area contributed by atoms with Crippen LogP contribution in [0.5, 0.6) is 0 Å². The largest absolute Gasteiger partial charge is 0.315 e. The molecule has 0 atom stereocenters. The van der Waals surface area contributed by atoms with E-state index in [9.17, 15) is 10.1 Å². The maximum Gasteiger partial charge on any atom is 0.269 e. The summed E-state index contributed by atoms with van der Waals surface area (Å²) >= 11 is 0. The van der Waals surface area contributed by atoms with Crippen molar-refractivity contribution in [3.8, 4) is 0 Å². The van der Waals surface area contributed by atoms with Gasteiger partial charge >= 0.3 is 0 Å². The van der Waals surface area contributed by atoms with E-state index in [1.807, 2.05) is 12.1 Å². The Morgan fingerprint density at radius 3 is 2.13 bits per heavy atom. The van der Waals surface area contributed by atoms with E-state index in [0.29, 0.717) is 0 Å². The molecule has 2 aliphatic rings. The maximum atomic E-state index is 10.9. The lowest BCUT2D eigenvalue weighted by atomic mass is 10.1. The molecule has 2 aromatic rings. The molecule has 4 rings (SSSR count). The average molecular weight is 412 g/mol. The predicted octanol–water partition coefficient (Wildman–Crippen LogP) is 2.66. The molecule has 0 aliphatic carbocycles. The molecule has 0 radical (unpaired) electrons. The van der Waals surface area contributed by atoms with Crippen molar-refractivity contribution in [3.63, 3.8) is 0 Å². The molecular weight excluding hydrogens is 378 g/mol. The van der Waals surface area contributed by atoms with Crippen LogP contribution in [0.1, 0.15) is 29.5 Å². The Hall–Kier alpha value is -2.32. The Kier molecular flexibility index (Phi) is 9.24. The van der Waals surface area contributed by atoms with Crippen LogP contribution < -0.4 is 16.0 Å². The fourth-order valence-corrected chi connectivity index (χ4v) is 3.64. The number of nitrogens with zero attached hydrogens (tertiary/aromatic N) is 2. The molecule has 0 amide bonds. The number of hydrogen-bond acceptors (Lipinski definition) is 6. The van der Waals surface area contributed by atoms with E-state index in [1.54, 1.807) is 12.1 Å². The standard InChI is InChI=1S/C23H33N5O2/c29-28(30)23-9-7-22(8-10-23)19-27-16-2-13-25-15-14-24-11-1-12-26-17-20-3-5-21(18-27)6-4-20/h3-10,24-26H,1-2,11-19H2. The first kappa shape index (κ1) is 22.4. The van der Waals surface area contributed by atoms with Gasteiger partial charge in [-0.05, 0) is 49.2 Å². The number of non-ortho nitro benzene ring substituents is 1. The molecule has 0 unspecified atom stereocenters. The van der Waals surface area contributed by atoms with Gasteiger partial charge in [0.2, 0.25) is 0 Å². The van der Waals surface area contributed by atoms with Gasteiger partial charge in [-0.2, -0.15) is 0 Å². The molecule has 30 heavy (non-hydrogen) atoms. The van der Waals surface area contributed by atoms with Gasteiger partial charge in [0.05, 0.1) is 4.92 Å². The van der Waals surface area contributed by atoms with E-state index in [1.165, 1.54) is 11.1 Å². The Morgan fingerprint density at radius 2 is 1.43 bits per heavy atom. The molecule has 3 N–H and O–H groups in total. The second kappa shape index (κ2) is 12.4. The number of rotatable bonds is 3. The van der Waals surface area contributed by atoms with Crippen molar-refractivity contribution in [2.45, 2.75) is 32.5 Å². The van der Waals surface area contributed by atoms with Crippen molar-refractivity contribution in [2.24, 2.45) is 0 Å². The molecular formula is C23H33N5O2. The Labute approximate surface area is 179 Å². The lowest BCUT2D eigenvalue weighted by molar-refractivity contribution is -0.384. The lowest BCUT2D eigenvalue weighted by Crippen LogP contribution is -2.32. The highest BCUT2D eigenvalue weighted by atomic mass is 16.6. The Balaban J connectivity index is 1.64. The van der Waals surface area contributed by atoms with Gasteiger partial charge in [0.1, 0.15) is 0 Å². The fraction of sp³-hybridized carbons (Fsp3) is 0.478. The molecule has 0 saturated carbocycles. The number of hydrogen-bond donors (Lipinski definition) is 3. The monoisotopic (exact) mass is 411 g/mol. The molecule has 0 spiro atoms. The van der Waals surface area contributed by atoms with E-state index in [4.69, 9.17) is 0 Å². The van der Waals surface area contributed by atoms with E-state index in [0.717, 1.165) is 77.3 Å². The zero-order valence-electron chi connectivity index (χ0n) is 17.6. The van der Waals surface area contributed by atoms with Gasteiger partial charge in [-0.25, -0.2) is 0 Å². The van der Waals surface area contributed by atoms with Gasteiger partial charge in [0, 0.05) is 51.4 Å². The molecule has 7 nitrogen and oxygen atoms in total. The summed E-state index contributed by atoms with van der Waals surface area (Å²) in [7, 11) is 0. The molecule has 2 bridgehead atoms. The van der Waals surface area contributed by atoms with Crippen LogP contribution in [-0.2, 0) is 19.6 Å². The molecule has 2 heterocycles. The summed E-state index contributed by atoms with van der Waals surface area (Å²) in [6, 6.07) is 15.7. The Morgan fingerprint density at radius 1 is 0.800 bits per heavy atom. The molecule has 7 heteroatoms. The molecule has 0 saturated heterocycles. The van der Waals surface area contributed by atoms with Gasteiger partial charge in [-0.15, -0.1) is 0 Å². The third kappa shape index (κ3) is 7.84. The molecule has 2 aromatic carbocycles. The zero-order valence-corrected chi connectivity index (χ0v) is 17.6. The second-order valence-corrected chi connectivity index (χ2v) is 7.83. The SMILES string of the molecule is O=[N+]([O-])c1ccc(CN2CCCNCCNCCCNCc3ccc(cc3)C2)cc1. The van der Waals surface area contributed by atoms with E-state index >= 15 is 0 Å². The number of nitrogens with one attached hydrogen (secondary N) is 3. The third-order valence-corrected chi connectivity index (χ3v) is 5.33. The molecule has 2 aliphatic heterocycles. The van der Waals surface area contributed by atoms with Crippen LogP contribution in [0, 0.1) is 10.1 Å². The van der Waals surface area contributed by atoms with Crippen molar-refractivity contribution in [2.75, 3.05) is 39.3 Å². The zero-order chi connectivity index (χ0) is 21.0. The summed E-state index contributed by atoms with van der Waals surface area (Å²) in [4.78, 5) is 13.0. The van der Waals surface area contributed by atoms with Gasteiger partial charge < -0.3 is 16.0 Å². The van der Waals surface area contributed by atoms with E-state index < -0.39 is 0 Å². The van der Waals surface area contributed by atoms with Crippen LogP contribution in [0.4, 0.5) is 5.69 Å². The van der Waals surface area contributed by atoms with Gasteiger partial charge in [0.25, 0.3) is 5.69 Å². The fourth-order valence-electron chi connectivity index (χ4n) is 3.64. The molecule has 0 fully saturated rings. The second-order valence-electron chi connectivity index (χ2n) is 7.83. The first-order chi connectivity index (χ1) is 14.7. The van der Waals surface area contributed by atoms with Crippen LogP contribution in [-0.4, -0.2) is 49.1 Å². The third-order valence-electron chi connectivity index (χ3n) is 5.33. The predicted molar refractivity (Wildman–Crippen MR) is 120 cm³/mol. The summed E-state index contributed by atoms with van der Waals surface area (Å²) < 4.78 is 0. The van der Waals surface area contributed by atoms with Crippen molar-refractivity contribution in [3.05, 3.63) is 75.3 Å². The van der Waals surface area contributed by atoms with Crippen LogP contribution in [0.15, 0.2) is 48.5 Å². The van der Waals surface area contributed by atoms with Crippen molar-refractivity contribution in [1.29, 1.82) is 0 Å². The maximum absolute atomic E-state index is 10.9. The molecule has 162 valence electrons. The van der Waals surface area contributed by atoms with Crippen LogP contribution >= 0.6 is 0 Å². The minimum Gasteiger partial charge on any atom is -0.315 e. The van der Waals surface area contributed by atoms with Crippen LogP contribution in [0.25, 0.3) is 0 Å². The van der Waals surface area contributed by atoms with Crippen molar-refractivity contribution < 1.29 is 4.92 Å². The minimum atomic E-state index is -0.350. The Bertz CT molecular complexity index is 764. The number of nitro groups is 1. The van der Waals surface area contributed by atoms with E-state index in [-0.39, 0.29) is 10.6 Å². The minimum absolute atomic E-state index is 0.139. The summed E-state index contributed by atoms with van der Waals surface area (Å²) in [6.45, 7) is 8.54. The number of benzene rings is 2. The van der Waals surface area contributed by atoms with Crippen LogP contribution in [0.2, 0.25) is 0 Å². The summed E-state index contributed by atoms with van der Waals surface area (Å²) in [5.74, 6) is 0. The quantitative estimate of drug-likeness (QED) is 0.532. The first-order valence-electron chi connectivity index (χ1n) is 10.9. The summed E-state index contributed by atoms with van der Waals surface area (Å²) in [5.41, 5.74) is 3.83. The smallest absolute Gasteiger partial charge is 0.269 e. The average Bonchev–Trinajstić information content (AvgIpc) is 2.75. The van der Waals surface area contributed by atoms with E-state index in [2.05, 4.69) is 45.1 Å². The number of fused-ring (bicyclic) bond motifs is 15. The molecule has 0 aromatic heterocycles. The normalized spacial score (nSPS) is 17.9. The van der Waals surface area contributed by atoms with Crippen molar-refractivity contribution in [1.82, 2.24) is 20.9 Å². The van der Waals surface area contributed by atoms with Gasteiger partial charge in [-0.1, -0.05) is 36.4 Å². The number of nitro benzene ring substituents is 1. The highest BCUT2D eigenvalue weighted by molar-refractivity contribution is 5.33.